The smallest absolute Gasteiger partial charge is 0.162 e. The molecule has 0 radical (unpaired) electrons. The van der Waals surface area contributed by atoms with Crippen LogP contribution in [0.15, 0.2) is 30.5 Å². The summed E-state index contributed by atoms with van der Waals surface area (Å²) in [6.07, 6.45) is 1.78. The molecule has 1 aliphatic rings. The molecule has 0 aliphatic carbocycles. The summed E-state index contributed by atoms with van der Waals surface area (Å²) in [5.74, 6) is 1.59. The van der Waals surface area contributed by atoms with E-state index in [4.69, 9.17) is 15.5 Å². The molecular weight excluding hydrogens is 292 g/mol. The monoisotopic (exact) mass is 310 g/mol. The zero-order valence-corrected chi connectivity index (χ0v) is 12.9. The first-order valence-corrected chi connectivity index (χ1v) is 7.61. The van der Waals surface area contributed by atoms with Gasteiger partial charge in [0.1, 0.15) is 11.0 Å². The maximum Gasteiger partial charge on any atom is 0.162 e. The molecule has 0 spiro atoms. The number of ether oxygens (including phenoxy) is 1. The predicted octanol–water partition coefficient (Wildman–Crippen LogP) is 1.45. The number of morpholine rings is 1. The van der Waals surface area contributed by atoms with E-state index in [1.807, 2.05) is 36.0 Å². The molecule has 0 unspecified atom stereocenters. The van der Waals surface area contributed by atoms with Gasteiger partial charge in [-0.25, -0.2) is 9.97 Å². The summed E-state index contributed by atoms with van der Waals surface area (Å²) in [6, 6.07) is 7.60. The van der Waals surface area contributed by atoms with Crippen molar-refractivity contribution in [2.45, 2.75) is 0 Å². The Kier molecular flexibility index (Phi) is 3.34. The molecule has 0 atom stereocenters. The molecule has 1 aromatic carbocycles. The summed E-state index contributed by atoms with van der Waals surface area (Å²) in [6.45, 7) is 3.05. The zero-order chi connectivity index (χ0) is 15.8. The van der Waals surface area contributed by atoms with Gasteiger partial charge in [-0.3, -0.25) is 4.68 Å². The molecule has 23 heavy (non-hydrogen) atoms. The van der Waals surface area contributed by atoms with Crippen molar-refractivity contribution in [1.29, 1.82) is 0 Å². The highest BCUT2D eigenvalue weighted by Gasteiger charge is 2.20. The third-order valence-electron chi connectivity index (χ3n) is 4.05. The highest BCUT2D eigenvalue weighted by atomic mass is 16.5. The SMILES string of the molecule is Cn1ncc2nc(-c3ccc(N)cc3)nc(N3CCOCC3)c21. The fourth-order valence-corrected chi connectivity index (χ4v) is 2.82. The molecular formula is C16H18N6O. The maximum absolute atomic E-state index is 5.77. The van der Waals surface area contributed by atoms with Crippen LogP contribution < -0.4 is 10.6 Å². The number of hydrogen-bond acceptors (Lipinski definition) is 6. The third-order valence-corrected chi connectivity index (χ3v) is 4.05. The number of fused-ring (bicyclic) bond motifs is 1. The van der Waals surface area contributed by atoms with E-state index < -0.39 is 0 Å². The van der Waals surface area contributed by atoms with Gasteiger partial charge in [-0.1, -0.05) is 0 Å². The van der Waals surface area contributed by atoms with E-state index >= 15 is 0 Å². The van der Waals surface area contributed by atoms with Crippen LogP contribution in [0.1, 0.15) is 0 Å². The fourth-order valence-electron chi connectivity index (χ4n) is 2.82. The number of benzene rings is 1. The van der Waals surface area contributed by atoms with Crippen LogP contribution in [0.4, 0.5) is 11.5 Å². The van der Waals surface area contributed by atoms with Gasteiger partial charge in [0.15, 0.2) is 11.6 Å². The van der Waals surface area contributed by atoms with Crippen LogP contribution in [0.25, 0.3) is 22.4 Å². The van der Waals surface area contributed by atoms with Crippen molar-refractivity contribution in [3.05, 3.63) is 30.5 Å². The predicted molar refractivity (Wildman–Crippen MR) is 89.2 cm³/mol. The van der Waals surface area contributed by atoms with Gasteiger partial charge < -0.3 is 15.4 Å². The van der Waals surface area contributed by atoms with Crippen molar-refractivity contribution in [2.75, 3.05) is 36.9 Å². The number of nitrogens with two attached hydrogens (primary N) is 1. The Morgan fingerprint density at radius 3 is 2.57 bits per heavy atom. The van der Waals surface area contributed by atoms with E-state index in [1.165, 1.54) is 0 Å². The molecule has 118 valence electrons. The van der Waals surface area contributed by atoms with Gasteiger partial charge in [-0.05, 0) is 24.3 Å². The Balaban J connectivity index is 1.88. The average molecular weight is 310 g/mol. The van der Waals surface area contributed by atoms with Gasteiger partial charge in [0.25, 0.3) is 0 Å². The minimum absolute atomic E-state index is 0.687. The number of aryl methyl sites for hydroxylation is 1. The first-order valence-electron chi connectivity index (χ1n) is 7.61. The summed E-state index contributed by atoms with van der Waals surface area (Å²) in [7, 11) is 1.92. The summed E-state index contributed by atoms with van der Waals surface area (Å²) >= 11 is 0. The molecule has 2 N–H and O–H groups in total. The number of hydrogen-bond donors (Lipinski definition) is 1. The summed E-state index contributed by atoms with van der Waals surface area (Å²) in [5, 5.41) is 4.34. The van der Waals surface area contributed by atoms with Gasteiger partial charge in [0, 0.05) is 31.4 Å². The lowest BCUT2D eigenvalue weighted by Crippen LogP contribution is -2.37. The van der Waals surface area contributed by atoms with Gasteiger partial charge in [0.2, 0.25) is 0 Å². The Bertz CT molecular complexity index is 836. The van der Waals surface area contributed by atoms with Crippen LogP contribution in [-0.4, -0.2) is 46.1 Å². The molecule has 3 heterocycles. The van der Waals surface area contributed by atoms with Gasteiger partial charge in [-0.2, -0.15) is 5.10 Å². The number of rotatable bonds is 2. The fraction of sp³-hybridized carbons (Fsp3) is 0.312. The number of aromatic nitrogens is 4. The lowest BCUT2D eigenvalue weighted by atomic mass is 10.2. The first-order chi connectivity index (χ1) is 11.2. The topological polar surface area (TPSA) is 82.1 Å². The lowest BCUT2D eigenvalue weighted by Gasteiger charge is -2.28. The highest BCUT2D eigenvalue weighted by molar-refractivity contribution is 5.87. The van der Waals surface area contributed by atoms with E-state index in [9.17, 15) is 0 Å². The van der Waals surface area contributed by atoms with Crippen LogP contribution in [-0.2, 0) is 11.8 Å². The maximum atomic E-state index is 5.77. The third kappa shape index (κ3) is 2.49. The van der Waals surface area contributed by atoms with Crippen molar-refractivity contribution in [3.8, 4) is 11.4 Å². The van der Waals surface area contributed by atoms with Crippen LogP contribution in [0.2, 0.25) is 0 Å². The van der Waals surface area contributed by atoms with Crippen LogP contribution in [0.5, 0.6) is 0 Å². The summed E-state index contributed by atoms with van der Waals surface area (Å²) in [5.41, 5.74) is 9.23. The summed E-state index contributed by atoms with van der Waals surface area (Å²) in [4.78, 5) is 11.7. The van der Waals surface area contributed by atoms with Crippen molar-refractivity contribution in [2.24, 2.45) is 7.05 Å². The Hall–Kier alpha value is -2.67. The van der Waals surface area contributed by atoms with E-state index in [1.54, 1.807) is 6.20 Å². The second-order valence-electron chi connectivity index (χ2n) is 5.59. The largest absolute Gasteiger partial charge is 0.399 e. The zero-order valence-electron chi connectivity index (χ0n) is 12.9. The average Bonchev–Trinajstić information content (AvgIpc) is 2.97. The molecule has 7 heteroatoms. The number of anilines is 2. The van der Waals surface area contributed by atoms with E-state index in [0.29, 0.717) is 19.0 Å². The summed E-state index contributed by atoms with van der Waals surface area (Å²) < 4.78 is 7.28. The quantitative estimate of drug-likeness (QED) is 0.721. The molecule has 4 rings (SSSR count). The van der Waals surface area contributed by atoms with E-state index in [0.717, 1.165) is 41.2 Å². The molecule has 7 nitrogen and oxygen atoms in total. The lowest BCUT2D eigenvalue weighted by molar-refractivity contribution is 0.122. The minimum Gasteiger partial charge on any atom is -0.399 e. The van der Waals surface area contributed by atoms with Crippen LogP contribution in [0.3, 0.4) is 0 Å². The first kappa shape index (κ1) is 14.0. The Labute approximate surface area is 133 Å². The molecule has 0 saturated carbocycles. The standard InChI is InChI=1S/C16H18N6O/c1-21-14-13(10-18-21)19-15(11-2-4-12(17)5-3-11)20-16(14)22-6-8-23-9-7-22/h2-5,10H,6-9,17H2,1H3. The second-order valence-corrected chi connectivity index (χ2v) is 5.59. The molecule has 1 saturated heterocycles. The Morgan fingerprint density at radius 2 is 1.83 bits per heavy atom. The second kappa shape index (κ2) is 5.51. The van der Waals surface area contributed by atoms with E-state index in [-0.39, 0.29) is 0 Å². The van der Waals surface area contributed by atoms with Crippen molar-refractivity contribution >= 4 is 22.5 Å². The minimum atomic E-state index is 0.687. The number of nitrogen functional groups attached to an aromatic ring is 1. The molecule has 3 aromatic rings. The molecule has 1 fully saturated rings. The van der Waals surface area contributed by atoms with E-state index in [2.05, 4.69) is 15.0 Å². The molecule has 2 aromatic heterocycles. The Morgan fingerprint density at radius 1 is 1.09 bits per heavy atom. The van der Waals surface area contributed by atoms with Crippen molar-refractivity contribution < 1.29 is 4.74 Å². The molecule has 0 amide bonds. The molecule has 1 aliphatic heterocycles. The van der Waals surface area contributed by atoms with Gasteiger partial charge >= 0.3 is 0 Å². The van der Waals surface area contributed by atoms with Crippen LogP contribution in [0, 0.1) is 0 Å². The number of nitrogens with zero attached hydrogens (tertiary/aromatic N) is 5. The highest BCUT2D eigenvalue weighted by Crippen LogP contribution is 2.28. The van der Waals surface area contributed by atoms with Crippen LogP contribution >= 0.6 is 0 Å². The van der Waals surface area contributed by atoms with Crippen molar-refractivity contribution in [1.82, 2.24) is 19.7 Å². The van der Waals surface area contributed by atoms with Gasteiger partial charge in [-0.15, -0.1) is 0 Å². The molecule has 0 bridgehead atoms. The van der Waals surface area contributed by atoms with Crippen molar-refractivity contribution in [3.63, 3.8) is 0 Å². The van der Waals surface area contributed by atoms with Gasteiger partial charge in [0.05, 0.1) is 19.4 Å². The normalized spacial score (nSPS) is 15.3.